The van der Waals surface area contributed by atoms with Crippen LogP contribution in [0, 0.1) is 0 Å². The second kappa shape index (κ2) is 11.0. The van der Waals surface area contributed by atoms with Gasteiger partial charge < -0.3 is 15.0 Å². The number of carbonyl (C=O) groups is 1. The summed E-state index contributed by atoms with van der Waals surface area (Å²) < 4.78 is 5.43. The summed E-state index contributed by atoms with van der Waals surface area (Å²) in [5, 5.41) is 3.46. The van der Waals surface area contributed by atoms with Crippen LogP contribution in [0.25, 0.3) is 0 Å². The highest BCUT2D eigenvalue weighted by Gasteiger charge is 2.28. The monoisotopic (exact) mass is 385 g/mol. The molecule has 0 aromatic heterocycles. The molecule has 3 heterocycles. The first-order chi connectivity index (χ1) is 10.3. The van der Waals surface area contributed by atoms with E-state index in [4.69, 9.17) is 4.74 Å². The van der Waals surface area contributed by atoms with E-state index in [2.05, 4.69) is 15.1 Å². The number of rotatable bonds is 3. The fourth-order valence-electron chi connectivity index (χ4n) is 3.48. The minimum atomic E-state index is 0. The number of ether oxygens (including phenoxy) is 1. The molecule has 5 nitrogen and oxygen atoms in total. The molecule has 136 valence electrons. The summed E-state index contributed by atoms with van der Waals surface area (Å²) in [7, 11) is 0. The molecule has 0 bridgehead atoms. The highest BCUT2D eigenvalue weighted by molar-refractivity contribution is 7.99. The first-order valence-corrected chi connectivity index (χ1v) is 9.39. The minimum Gasteiger partial charge on any atom is -0.381 e. The van der Waals surface area contributed by atoms with Gasteiger partial charge in [0.15, 0.2) is 0 Å². The third-order valence-corrected chi connectivity index (χ3v) is 5.92. The number of thioether (sulfide) groups is 1. The van der Waals surface area contributed by atoms with Gasteiger partial charge in [0.1, 0.15) is 0 Å². The SMILES string of the molecule is Cl.Cl.O=C(CC1CSCCN1)N1CCN(C2CCOCC2)CC1. The van der Waals surface area contributed by atoms with Crippen LogP contribution in [-0.4, -0.2) is 85.2 Å². The summed E-state index contributed by atoms with van der Waals surface area (Å²) in [6.07, 6.45) is 2.97. The molecule has 0 aromatic carbocycles. The summed E-state index contributed by atoms with van der Waals surface area (Å²) in [6.45, 7) is 6.70. The Bertz CT molecular complexity index is 346. The van der Waals surface area contributed by atoms with Crippen molar-refractivity contribution in [2.45, 2.75) is 31.3 Å². The van der Waals surface area contributed by atoms with Gasteiger partial charge >= 0.3 is 0 Å². The summed E-state index contributed by atoms with van der Waals surface area (Å²) in [6, 6.07) is 1.05. The number of halogens is 2. The van der Waals surface area contributed by atoms with Crippen LogP contribution >= 0.6 is 36.6 Å². The molecular formula is C15H29Cl2N3O2S. The number of amides is 1. The summed E-state index contributed by atoms with van der Waals surface area (Å²) >= 11 is 1.96. The van der Waals surface area contributed by atoms with Gasteiger partial charge in [-0.2, -0.15) is 11.8 Å². The fraction of sp³-hybridized carbons (Fsp3) is 0.933. The van der Waals surface area contributed by atoms with Crippen molar-refractivity contribution in [3.8, 4) is 0 Å². The molecular weight excluding hydrogens is 357 g/mol. The molecule has 0 saturated carbocycles. The molecule has 23 heavy (non-hydrogen) atoms. The van der Waals surface area contributed by atoms with Gasteiger partial charge in [0.25, 0.3) is 0 Å². The number of nitrogens with one attached hydrogen (secondary N) is 1. The van der Waals surface area contributed by atoms with E-state index in [9.17, 15) is 4.79 Å². The Morgan fingerprint density at radius 2 is 1.83 bits per heavy atom. The smallest absolute Gasteiger partial charge is 0.224 e. The average molecular weight is 386 g/mol. The quantitative estimate of drug-likeness (QED) is 0.791. The van der Waals surface area contributed by atoms with E-state index in [1.807, 2.05) is 11.8 Å². The Morgan fingerprint density at radius 1 is 1.13 bits per heavy atom. The van der Waals surface area contributed by atoms with Crippen molar-refractivity contribution < 1.29 is 9.53 Å². The molecule has 3 saturated heterocycles. The van der Waals surface area contributed by atoms with Crippen LogP contribution in [0.5, 0.6) is 0 Å². The second-order valence-corrected chi connectivity index (χ2v) is 7.34. The maximum absolute atomic E-state index is 12.4. The highest BCUT2D eigenvalue weighted by Crippen LogP contribution is 2.17. The molecule has 8 heteroatoms. The van der Waals surface area contributed by atoms with Crippen LogP contribution in [0.1, 0.15) is 19.3 Å². The molecule has 3 rings (SSSR count). The van der Waals surface area contributed by atoms with Crippen LogP contribution in [-0.2, 0) is 9.53 Å². The standard InChI is InChI=1S/C15H27N3O2S.2ClH/c19-15(11-13-12-21-10-3-16-13)18-6-4-17(5-7-18)14-1-8-20-9-2-14;;/h13-14,16H,1-12H2;2*1H. The van der Waals surface area contributed by atoms with Crippen LogP contribution in [0.15, 0.2) is 0 Å². The minimum absolute atomic E-state index is 0. The Balaban J connectivity index is 0.00000132. The molecule has 3 fully saturated rings. The van der Waals surface area contributed by atoms with Crippen molar-refractivity contribution in [3.05, 3.63) is 0 Å². The predicted octanol–water partition coefficient (Wildman–Crippen LogP) is 1.25. The van der Waals surface area contributed by atoms with Gasteiger partial charge in [0.2, 0.25) is 5.91 Å². The van der Waals surface area contributed by atoms with Gasteiger partial charge in [-0.1, -0.05) is 0 Å². The normalized spacial score (nSPS) is 27.0. The largest absolute Gasteiger partial charge is 0.381 e. The molecule has 3 aliphatic heterocycles. The fourth-order valence-corrected chi connectivity index (χ4v) is 4.43. The summed E-state index contributed by atoms with van der Waals surface area (Å²) in [4.78, 5) is 17.0. The second-order valence-electron chi connectivity index (χ2n) is 6.19. The Kier molecular flexibility index (Phi) is 10.2. The molecule has 0 aliphatic carbocycles. The van der Waals surface area contributed by atoms with Crippen molar-refractivity contribution in [3.63, 3.8) is 0 Å². The maximum Gasteiger partial charge on any atom is 0.224 e. The van der Waals surface area contributed by atoms with E-state index in [1.165, 1.54) is 5.75 Å². The topological polar surface area (TPSA) is 44.8 Å². The van der Waals surface area contributed by atoms with Crippen molar-refractivity contribution in [2.75, 3.05) is 57.4 Å². The van der Waals surface area contributed by atoms with E-state index < -0.39 is 0 Å². The van der Waals surface area contributed by atoms with E-state index in [-0.39, 0.29) is 24.8 Å². The molecule has 0 radical (unpaired) electrons. The lowest BCUT2D eigenvalue weighted by Gasteiger charge is -2.41. The van der Waals surface area contributed by atoms with Gasteiger partial charge in [-0.25, -0.2) is 0 Å². The zero-order valence-electron chi connectivity index (χ0n) is 13.6. The van der Waals surface area contributed by atoms with Gasteiger partial charge in [-0.05, 0) is 12.8 Å². The van der Waals surface area contributed by atoms with Crippen LogP contribution < -0.4 is 5.32 Å². The van der Waals surface area contributed by atoms with E-state index in [0.29, 0.717) is 24.4 Å². The molecule has 1 atom stereocenters. The van der Waals surface area contributed by atoms with E-state index >= 15 is 0 Å². The first-order valence-electron chi connectivity index (χ1n) is 8.23. The lowest BCUT2D eigenvalue weighted by atomic mass is 10.1. The van der Waals surface area contributed by atoms with Crippen molar-refractivity contribution in [1.82, 2.24) is 15.1 Å². The number of hydrogen-bond acceptors (Lipinski definition) is 5. The Labute approximate surface area is 156 Å². The van der Waals surface area contributed by atoms with E-state index in [0.717, 1.165) is 64.5 Å². The molecule has 0 aromatic rings. The molecule has 1 amide bonds. The van der Waals surface area contributed by atoms with Crippen molar-refractivity contribution in [2.24, 2.45) is 0 Å². The molecule has 0 spiro atoms. The third-order valence-electron chi connectivity index (χ3n) is 4.79. The Hall–Kier alpha value is 0.280. The zero-order chi connectivity index (χ0) is 14.5. The lowest BCUT2D eigenvalue weighted by molar-refractivity contribution is -0.134. The first kappa shape index (κ1) is 21.3. The van der Waals surface area contributed by atoms with Crippen molar-refractivity contribution in [1.29, 1.82) is 0 Å². The van der Waals surface area contributed by atoms with Gasteiger partial charge in [0, 0.05) is 75.9 Å². The number of nitrogens with zero attached hydrogens (tertiary/aromatic N) is 2. The highest BCUT2D eigenvalue weighted by atomic mass is 35.5. The van der Waals surface area contributed by atoms with E-state index in [1.54, 1.807) is 0 Å². The predicted molar refractivity (Wildman–Crippen MR) is 100 cm³/mol. The third kappa shape index (κ3) is 6.25. The van der Waals surface area contributed by atoms with Crippen LogP contribution in [0.3, 0.4) is 0 Å². The van der Waals surface area contributed by atoms with Crippen LogP contribution in [0.4, 0.5) is 0 Å². The summed E-state index contributed by atoms with van der Waals surface area (Å²) in [5.41, 5.74) is 0. The molecule has 3 aliphatic rings. The van der Waals surface area contributed by atoms with Gasteiger partial charge in [-0.3, -0.25) is 9.69 Å². The number of piperazine rings is 1. The number of hydrogen-bond donors (Lipinski definition) is 1. The average Bonchev–Trinajstić information content (AvgIpc) is 2.57. The number of carbonyl (C=O) groups excluding carboxylic acids is 1. The summed E-state index contributed by atoms with van der Waals surface area (Å²) in [5.74, 6) is 2.59. The lowest BCUT2D eigenvalue weighted by Crippen LogP contribution is -2.54. The van der Waals surface area contributed by atoms with Crippen LogP contribution in [0.2, 0.25) is 0 Å². The van der Waals surface area contributed by atoms with Gasteiger partial charge in [-0.15, -0.1) is 24.8 Å². The maximum atomic E-state index is 12.4. The zero-order valence-corrected chi connectivity index (χ0v) is 16.0. The Morgan fingerprint density at radius 3 is 2.43 bits per heavy atom. The van der Waals surface area contributed by atoms with Crippen molar-refractivity contribution >= 4 is 42.5 Å². The van der Waals surface area contributed by atoms with Gasteiger partial charge in [0.05, 0.1) is 0 Å². The molecule has 1 unspecified atom stereocenters. The molecule has 1 N–H and O–H groups in total.